The SMILES string of the molecule is I.[Cl][Mg][c]1ccccc1. The highest BCUT2D eigenvalue weighted by molar-refractivity contribution is 14.0. The van der Waals surface area contributed by atoms with E-state index in [4.69, 9.17) is 9.07 Å². The molecule has 0 amide bonds. The first kappa shape index (κ1) is 10.0. The van der Waals surface area contributed by atoms with Crippen LogP contribution in [0.1, 0.15) is 0 Å². The van der Waals surface area contributed by atoms with Crippen molar-refractivity contribution in [2.75, 3.05) is 0 Å². The highest BCUT2D eigenvalue weighted by atomic mass is 127. The summed E-state index contributed by atoms with van der Waals surface area (Å²) in [5.41, 5.74) is 0. The van der Waals surface area contributed by atoms with Crippen LogP contribution < -0.4 is 3.69 Å². The Labute approximate surface area is 85.5 Å². The van der Waals surface area contributed by atoms with Gasteiger partial charge in [-0.25, -0.2) is 0 Å². The van der Waals surface area contributed by atoms with E-state index in [0.717, 1.165) is 0 Å². The molecule has 3 heteroatoms. The summed E-state index contributed by atoms with van der Waals surface area (Å²) in [4.78, 5) is 0. The summed E-state index contributed by atoms with van der Waals surface area (Å²) in [7, 11) is 5.67. The van der Waals surface area contributed by atoms with Crippen LogP contribution in [0.5, 0.6) is 0 Å². The van der Waals surface area contributed by atoms with Crippen molar-refractivity contribution in [3.8, 4) is 0 Å². The predicted molar refractivity (Wildman–Crippen MR) is 53.1 cm³/mol. The van der Waals surface area contributed by atoms with Crippen molar-refractivity contribution < 1.29 is 0 Å². The van der Waals surface area contributed by atoms with Gasteiger partial charge in [0.15, 0.2) is 0 Å². The topological polar surface area (TPSA) is 0 Å². The smallest absolute Gasteiger partial charge is 0.336 e. The fraction of sp³-hybridized carbons (Fsp3) is 0. The first-order chi connectivity index (χ1) is 3.93. The second-order valence-electron chi connectivity index (χ2n) is 1.62. The molecule has 0 aliphatic rings. The molecule has 1 rings (SSSR count). The summed E-state index contributed by atoms with van der Waals surface area (Å²) in [6.07, 6.45) is 0. The number of hydrogen-bond acceptors (Lipinski definition) is 0. The minimum atomic E-state index is -0.437. The fourth-order valence-electron chi connectivity index (χ4n) is 0.567. The van der Waals surface area contributed by atoms with Crippen LogP contribution in [0.2, 0.25) is 0 Å². The second-order valence-corrected chi connectivity index (χ2v) is 3.50. The molecular weight excluding hydrogens is 259 g/mol. The molecule has 9 heavy (non-hydrogen) atoms. The van der Waals surface area contributed by atoms with Crippen molar-refractivity contribution in [1.82, 2.24) is 0 Å². The van der Waals surface area contributed by atoms with Gasteiger partial charge in [-0.2, -0.15) is 0 Å². The van der Waals surface area contributed by atoms with Crippen molar-refractivity contribution in [1.29, 1.82) is 0 Å². The minimum absolute atomic E-state index is 0. The van der Waals surface area contributed by atoms with Crippen LogP contribution in [-0.4, -0.2) is 19.3 Å². The largest absolute Gasteiger partial charge is 0.538 e. The van der Waals surface area contributed by atoms with Crippen molar-refractivity contribution in [2.24, 2.45) is 0 Å². The van der Waals surface area contributed by atoms with Crippen molar-refractivity contribution >= 4 is 56.0 Å². The van der Waals surface area contributed by atoms with Gasteiger partial charge >= 0.3 is 19.3 Å². The molecule has 0 bridgehead atoms. The van der Waals surface area contributed by atoms with Gasteiger partial charge in [-0.05, 0) is 0 Å². The Kier molecular flexibility index (Phi) is 6.41. The average Bonchev–Trinajstić information content (AvgIpc) is 1.90. The molecule has 0 unspecified atom stereocenters. The lowest BCUT2D eigenvalue weighted by Crippen LogP contribution is -2.05. The van der Waals surface area contributed by atoms with Crippen LogP contribution in [0.3, 0.4) is 0 Å². The van der Waals surface area contributed by atoms with E-state index >= 15 is 0 Å². The molecule has 0 saturated heterocycles. The third-order valence-electron chi connectivity index (χ3n) is 0.997. The number of rotatable bonds is 1. The van der Waals surface area contributed by atoms with E-state index in [1.807, 2.05) is 18.2 Å². The molecule has 0 fully saturated rings. The van der Waals surface area contributed by atoms with E-state index < -0.39 is 19.3 Å². The normalized spacial score (nSPS) is 7.22. The molecule has 0 aliphatic carbocycles. The third kappa shape index (κ3) is 3.65. The van der Waals surface area contributed by atoms with E-state index in [9.17, 15) is 0 Å². The summed E-state index contributed by atoms with van der Waals surface area (Å²) in [6.45, 7) is 0. The lowest BCUT2D eigenvalue weighted by molar-refractivity contribution is 1.77. The van der Waals surface area contributed by atoms with Gasteiger partial charge in [0.1, 0.15) is 0 Å². The molecule has 0 heterocycles. The molecule has 0 spiro atoms. The lowest BCUT2D eigenvalue weighted by Gasteiger charge is -1.87. The van der Waals surface area contributed by atoms with Crippen LogP contribution >= 0.6 is 33.0 Å². The van der Waals surface area contributed by atoms with E-state index in [-0.39, 0.29) is 24.0 Å². The van der Waals surface area contributed by atoms with Gasteiger partial charge in [0, 0.05) is 0 Å². The highest BCUT2D eigenvalue weighted by Crippen LogP contribution is 1.81. The Balaban J connectivity index is 0.000000640. The molecule has 0 nitrogen and oxygen atoms in total. The molecule has 1 aromatic carbocycles. The predicted octanol–water partition coefficient (Wildman–Crippen LogP) is 1.79. The zero-order valence-corrected chi connectivity index (χ0v) is 9.38. The van der Waals surface area contributed by atoms with Crippen LogP contribution in [-0.2, 0) is 0 Å². The summed E-state index contributed by atoms with van der Waals surface area (Å²) in [6, 6.07) is 10.2. The van der Waals surface area contributed by atoms with E-state index in [1.165, 1.54) is 3.69 Å². The molecular formula is C6H6ClIMg. The van der Waals surface area contributed by atoms with Gasteiger partial charge in [-0.1, -0.05) is 30.3 Å². The van der Waals surface area contributed by atoms with E-state index in [2.05, 4.69) is 12.1 Å². The molecule has 0 aromatic heterocycles. The Morgan fingerprint density at radius 3 is 2.00 bits per heavy atom. The molecule has 0 aliphatic heterocycles. The Hall–Kier alpha value is 1.01. The summed E-state index contributed by atoms with van der Waals surface area (Å²) in [5.74, 6) is 0. The lowest BCUT2D eigenvalue weighted by atomic mass is 10.4. The maximum Gasteiger partial charge on any atom is 0.538 e. The van der Waals surface area contributed by atoms with Crippen molar-refractivity contribution in [2.45, 2.75) is 0 Å². The number of benzene rings is 1. The summed E-state index contributed by atoms with van der Waals surface area (Å²) >= 11 is -0.437. The van der Waals surface area contributed by atoms with Gasteiger partial charge < -0.3 is 9.07 Å². The molecule has 1 aromatic rings. The van der Waals surface area contributed by atoms with Gasteiger partial charge in [0.2, 0.25) is 0 Å². The first-order valence-corrected chi connectivity index (χ1v) is 5.38. The quantitative estimate of drug-likeness (QED) is 0.536. The minimum Gasteiger partial charge on any atom is -0.336 e. The van der Waals surface area contributed by atoms with E-state index in [0.29, 0.717) is 0 Å². The monoisotopic (exact) mass is 264 g/mol. The van der Waals surface area contributed by atoms with E-state index in [1.54, 1.807) is 0 Å². The van der Waals surface area contributed by atoms with Crippen LogP contribution in [0.4, 0.5) is 0 Å². The highest BCUT2D eigenvalue weighted by Gasteiger charge is 1.89. The summed E-state index contributed by atoms with van der Waals surface area (Å²) < 4.78 is 1.31. The van der Waals surface area contributed by atoms with Gasteiger partial charge in [-0.3, -0.25) is 0 Å². The standard InChI is InChI=1S/C6H5.ClH.HI.Mg/c1-2-4-6-5-3-1;;;/h1-5H;2*1H;/q;;;+1/p-1. The second kappa shape index (κ2) is 5.77. The molecule has 0 N–H and O–H groups in total. The summed E-state index contributed by atoms with van der Waals surface area (Å²) in [5, 5.41) is 0. The Bertz CT molecular complexity index is 154. The van der Waals surface area contributed by atoms with Gasteiger partial charge in [-0.15, -0.1) is 27.7 Å². The average molecular weight is 265 g/mol. The molecule has 0 atom stereocenters. The first-order valence-electron chi connectivity index (χ1n) is 2.53. The molecule has 46 valence electrons. The Morgan fingerprint density at radius 2 is 1.67 bits per heavy atom. The Morgan fingerprint density at radius 1 is 1.11 bits per heavy atom. The third-order valence-corrected chi connectivity index (χ3v) is 2.70. The van der Waals surface area contributed by atoms with Crippen LogP contribution in [0, 0.1) is 0 Å². The zero-order chi connectivity index (χ0) is 5.82. The van der Waals surface area contributed by atoms with Gasteiger partial charge in [0.05, 0.1) is 0 Å². The van der Waals surface area contributed by atoms with Crippen LogP contribution in [0.15, 0.2) is 30.3 Å². The maximum absolute atomic E-state index is 5.67. The van der Waals surface area contributed by atoms with Gasteiger partial charge in [0.25, 0.3) is 0 Å². The number of hydrogen-bond donors (Lipinski definition) is 0. The maximum atomic E-state index is 5.67. The van der Waals surface area contributed by atoms with Crippen molar-refractivity contribution in [3.63, 3.8) is 0 Å². The molecule has 0 saturated carbocycles. The van der Waals surface area contributed by atoms with Crippen LogP contribution in [0.25, 0.3) is 0 Å². The van der Waals surface area contributed by atoms with Crippen molar-refractivity contribution in [3.05, 3.63) is 30.3 Å². The molecule has 0 radical (unpaired) electrons. The fourth-order valence-corrected chi connectivity index (χ4v) is 1.55. The number of halogens is 2. The zero-order valence-electron chi connectivity index (χ0n) is 4.88.